The zero-order chi connectivity index (χ0) is 10.1. The lowest BCUT2D eigenvalue weighted by atomic mass is 10.1. The van der Waals surface area contributed by atoms with Crippen molar-refractivity contribution in [3.8, 4) is 5.75 Å². The first-order valence-corrected chi connectivity index (χ1v) is 5.89. The number of thiol groups is 1. The largest absolute Gasteiger partial charge is 0.492 e. The van der Waals surface area contributed by atoms with Crippen molar-refractivity contribution in [1.29, 1.82) is 0 Å². The molecule has 2 rings (SSSR count). The molecule has 0 saturated carbocycles. The van der Waals surface area contributed by atoms with Crippen LogP contribution in [-0.2, 0) is 0 Å². The lowest BCUT2D eigenvalue weighted by Crippen LogP contribution is -1.95. The van der Waals surface area contributed by atoms with Gasteiger partial charge in [0.15, 0.2) is 0 Å². The Balaban J connectivity index is 2.69. The van der Waals surface area contributed by atoms with Crippen molar-refractivity contribution in [2.24, 2.45) is 0 Å². The lowest BCUT2D eigenvalue weighted by Gasteiger charge is -2.10. The maximum absolute atomic E-state index is 5.57. The third-order valence-corrected chi connectivity index (χ3v) is 3.42. The molecular weight excluding hydrogens is 212 g/mol. The van der Waals surface area contributed by atoms with Gasteiger partial charge in [0.05, 0.1) is 6.61 Å². The molecule has 0 bridgehead atoms. The van der Waals surface area contributed by atoms with Crippen molar-refractivity contribution in [3.05, 3.63) is 23.1 Å². The maximum Gasteiger partial charge on any atom is 0.136 e. The Labute approximate surface area is 93.1 Å². The summed E-state index contributed by atoms with van der Waals surface area (Å²) in [4.78, 5) is 0.930. The fourth-order valence-corrected chi connectivity index (χ4v) is 2.91. The van der Waals surface area contributed by atoms with Crippen LogP contribution in [0.25, 0.3) is 10.1 Å². The lowest BCUT2D eigenvalue weighted by molar-refractivity contribution is 0.331. The Kier molecular flexibility index (Phi) is 2.70. The van der Waals surface area contributed by atoms with E-state index >= 15 is 0 Å². The van der Waals surface area contributed by atoms with E-state index < -0.39 is 0 Å². The number of rotatable bonds is 2. The zero-order valence-corrected chi connectivity index (χ0v) is 9.91. The Morgan fingerprint density at radius 2 is 2.29 bits per heavy atom. The molecule has 0 amide bonds. The topological polar surface area (TPSA) is 9.23 Å². The van der Waals surface area contributed by atoms with Gasteiger partial charge in [-0.3, -0.25) is 0 Å². The van der Waals surface area contributed by atoms with Gasteiger partial charge in [0, 0.05) is 15.2 Å². The minimum Gasteiger partial charge on any atom is -0.492 e. The van der Waals surface area contributed by atoms with Gasteiger partial charge in [-0.2, -0.15) is 0 Å². The Morgan fingerprint density at radius 3 is 3.00 bits per heavy atom. The van der Waals surface area contributed by atoms with Crippen LogP contribution in [0.1, 0.15) is 12.5 Å². The Hall–Kier alpha value is -0.670. The normalized spacial score (nSPS) is 10.8. The molecule has 0 spiro atoms. The average molecular weight is 224 g/mol. The third-order valence-electron chi connectivity index (χ3n) is 2.23. The van der Waals surface area contributed by atoms with Gasteiger partial charge in [0.2, 0.25) is 0 Å². The molecule has 2 aromatic rings. The maximum atomic E-state index is 5.57. The highest BCUT2D eigenvalue weighted by Gasteiger charge is 2.09. The van der Waals surface area contributed by atoms with Crippen LogP contribution in [-0.4, -0.2) is 6.61 Å². The molecule has 0 saturated heterocycles. The van der Waals surface area contributed by atoms with E-state index in [1.54, 1.807) is 11.3 Å². The number of fused-ring (bicyclic) bond motifs is 1. The van der Waals surface area contributed by atoms with Crippen LogP contribution in [0.5, 0.6) is 5.75 Å². The monoisotopic (exact) mass is 224 g/mol. The van der Waals surface area contributed by atoms with Gasteiger partial charge in [-0.15, -0.1) is 24.0 Å². The van der Waals surface area contributed by atoms with Crippen LogP contribution >= 0.6 is 24.0 Å². The SMILES string of the molecule is CCOc1c(S)cc2sccc2c1C. The summed E-state index contributed by atoms with van der Waals surface area (Å²) in [5.41, 5.74) is 1.19. The van der Waals surface area contributed by atoms with Crippen molar-refractivity contribution in [2.45, 2.75) is 18.7 Å². The van der Waals surface area contributed by atoms with E-state index in [1.807, 2.05) is 6.92 Å². The first-order valence-electron chi connectivity index (χ1n) is 4.56. The van der Waals surface area contributed by atoms with Gasteiger partial charge in [-0.25, -0.2) is 0 Å². The molecule has 3 heteroatoms. The number of hydrogen-bond acceptors (Lipinski definition) is 3. The summed E-state index contributed by atoms with van der Waals surface area (Å²) in [6.07, 6.45) is 0. The standard InChI is InChI=1S/C11H12OS2/c1-3-12-11-7(2)8-4-5-14-10(8)6-9(11)13/h4-6,13H,3H2,1-2H3. The van der Waals surface area contributed by atoms with E-state index in [0.717, 1.165) is 10.6 Å². The first-order chi connectivity index (χ1) is 6.74. The molecule has 1 heterocycles. The average Bonchev–Trinajstić information content (AvgIpc) is 2.60. The van der Waals surface area contributed by atoms with Crippen LogP contribution in [0, 0.1) is 6.92 Å². The zero-order valence-electron chi connectivity index (χ0n) is 8.20. The van der Waals surface area contributed by atoms with E-state index in [1.165, 1.54) is 15.6 Å². The number of hydrogen-bond donors (Lipinski definition) is 1. The minimum atomic E-state index is 0.685. The van der Waals surface area contributed by atoms with Crippen LogP contribution in [0.15, 0.2) is 22.4 Å². The van der Waals surface area contributed by atoms with E-state index in [4.69, 9.17) is 4.74 Å². The third kappa shape index (κ3) is 1.51. The van der Waals surface area contributed by atoms with Gasteiger partial charge in [0.1, 0.15) is 5.75 Å². The smallest absolute Gasteiger partial charge is 0.136 e. The molecule has 0 aliphatic rings. The molecule has 0 aliphatic carbocycles. The summed E-state index contributed by atoms with van der Waals surface area (Å²) in [7, 11) is 0. The van der Waals surface area contributed by atoms with Gasteiger partial charge in [0.25, 0.3) is 0 Å². The van der Waals surface area contributed by atoms with Crippen molar-refractivity contribution in [1.82, 2.24) is 0 Å². The molecule has 0 atom stereocenters. The van der Waals surface area contributed by atoms with Crippen LogP contribution in [0.4, 0.5) is 0 Å². The molecule has 0 aliphatic heterocycles. The second-order valence-electron chi connectivity index (χ2n) is 3.12. The molecular formula is C11H12OS2. The van der Waals surface area contributed by atoms with E-state index in [2.05, 4.69) is 37.1 Å². The molecule has 0 unspecified atom stereocenters. The quantitative estimate of drug-likeness (QED) is 0.761. The summed E-state index contributed by atoms with van der Waals surface area (Å²) in [6.45, 7) is 4.76. The van der Waals surface area contributed by atoms with Crippen molar-refractivity contribution in [3.63, 3.8) is 0 Å². The number of ether oxygens (including phenoxy) is 1. The van der Waals surface area contributed by atoms with Gasteiger partial charge in [-0.05, 0) is 36.7 Å². The highest BCUT2D eigenvalue weighted by atomic mass is 32.1. The highest BCUT2D eigenvalue weighted by molar-refractivity contribution is 7.80. The summed E-state index contributed by atoms with van der Waals surface area (Å²) < 4.78 is 6.85. The van der Waals surface area contributed by atoms with Gasteiger partial charge < -0.3 is 4.74 Å². The number of thiophene rings is 1. The summed E-state index contributed by atoms with van der Waals surface area (Å²) in [6, 6.07) is 4.20. The van der Waals surface area contributed by atoms with E-state index in [9.17, 15) is 0 Å². The fourth-order valence-electron chi connectivity index (χ4n) is 1.57. The molecule has 1 aromatic carbocycles. The minimum absolute atomic E-state index is 0.685. The molecule has 0 fully saturated rings. The number of benzene rings is 1. The van der Waals surface area contributed by atoms with Crippen molar-refractivity contribution >= 4 is 34.1 Å². The van der Waals surface area contributed by atoms with Crippen molar-refractivity contribution < 1.29 is 4.74 Å². The fraction of sp³-hybridized carbons (Fsp3) is 0.273. The van der Waals surface area contributed by atoms with Crippen LogP contribution in [0.3, 0.4) is 0 Å². The molecule has 74 valence electrons. The second kappa shape index (κ2) is 3.83. The molecule has 0 radical (unpaired) electrons. The highest BCUT2D eigenvalue weighted by Crippen LogP contribution is 2.36. The van der Waals surface area contributed by atoms with Crippen LogP contribution < -0.4 is 4.74 Å². The first kappa shape index (κ1) is 9.87. The van der Waals surface area contributed by atoms with Crippen LogP contribution in [0.2, 0.25) is 0 Å². The van der Waals surface area contributed by atoms with Gasteiger partial charge in [-0.1, -0.05) is 0 Å². The molecule has 14 heavy (non-hydrogen) atoms. The summed E-state index contributed by atoms with van der Waals surface area (Å²) in [5.74, 6) is 0.918. The summed E-state index contributed by atoms with van der Waals surface area (Å²) in [5, 5.41) is 3.37. The summed E-state index contributed by atoms with van der Waals surface area (Å²) >= 11 is 6.17. The van der Waals surface area contributed by atoms with E-state index in [-0.39, 0.29) is 0 Å². The molecule has 1 aromatic heterocycles. The predicted octanol–water partition coefficient (Wildman–Crippen LogP) is 3.90. The number of aryl methyl sites for hydroxylation is 1. The van der Waals surface area contributed by atoms with Crippen molar-refractivity contribution in [2.75, 3.05) is 6.61 Å². The molecule has 1 nitrogen and oxygen atoms in total. The van der Waals surface area contributed by atoms with E-state index in [0.29, 0.717) is 6.61 Å². The van der Waals surface area contributed by atoms with Gasteiger partial charge >= 0.3 is 0 Å². The Morgan fingerprint density at radius 1 is 1.50 bits per heavy atom. The molecule has 0 N–H and O–H groups in total. The second-order valence-corrected chi connectivity index (χ2v) is 4.54. The predicted molar refractivity (Wildman–Crippen MR) is 65.0 cm³/mol. The Bertz CT molecular complexity index is 460.